The Bertz CT molecular complexity index is 822. The minimum Gasteiger partial charge on any atom is -0.496 e. The minimum atomic E-state index is -0.377. The van der Waals surface area contributed by atoms with Gasteiger partial charge in [-0.2, -0.15) is 0 Å². The fourth-order valence-corrected chi connectivity index (χ4v) is 3.61. The number of methoxy groups -OCH3 is 1. The summed E-state index contributed by atoms with van der Waals surface area (Å²) in [5.41, 5.74) is 1.74. The second kappa shape index (κ2) is 8.40. The molecule has 1 amide bonds. The van der Waals surface area contributed by atoms with Crippen LogP contribution >= 0.6 is 11.8 Å². The highest BCUT2D eigenvalue weighted by Gasteiger charge is 2.23. The van der Waals surface area contributed by atoms with E-state index >= 15 is 0 Å². The normalized spacial score (nSPS) is 11.6. The van der Waals surface area contributed by atoms with Crippen LogP contribution in [0.5, 0.6) is 5.75 Å². The third kappa shape index (κ3) is 4.43. The Morgan fingerprint density at radius 2 is 1.48 bits per heavy atom. The number of carbonyl (C=O) groups excluding carboxylic acids is 1. The molecule has 3 nitrogen and oxygen atoms in total. The zero-order chi connectivity index (χ0) is 17.5. The van der Waals surface area contributed by atoms with Gasteiger partial charge >= 0.3 is 0 Å². The molecule has 0 aromatic heterocycles. The Balaban J connectivity index is 1.89. The van der Waals surface area contributed by atoms with Gasteiger partial charge in [-0.25, -0.2) is 0 Å². The van der Waals surface area contributed by atoms with E-state index in [2.05, 4.69) is 5.32 Å². The van der Waals surface area contributed by atoms with Crippen LogP contribution in [-0.2, 0) is 4.79 Å². The third-order valence-corrected chi connectivity index (χ3v) is 5.01. The van der Waals surface area contributed by atoms with Gasteiger partial charge < -0.3 is 10.1 Å². The molecule has 0 radical (unpaired) electrons. The standard InChI is InChI=1S/C21H19NO2S/c1-24-18-14-8-9-15-19(18)25-20(16-10-4-2-5-11-16)21(23)22-17-12-6-3-7-13-17/h2-15,20H,1H3,(H,22,23). The average Bonchev–Trinajstić information content (AvgIpc) is 2.67. The monoisotopic (exact) mass is 349 g/mol. The first kappa shape index (κ1) is 17.1. The molecule has 25 heavy (non-hydrogen) atoms. The van der Waals surface area contributed by atoms with Crippen molar-refractivity contribution >= 4 is 23.4 Å². The first-order chi connectivity index (χ1) is 12.3. The predicted octanol–water partition coefficient (Wildman–Crippen LogP) is 5.17. The van der Waals surface area contributed by atoms with Gasteiger partial charge in [-0.15, -0.1) is 11.8 Å². The largest absolute Gasteiger partial charge is 0.496 e. The Morgan fingerprint density at radius 1 is 0.880 bits per heavy atom. The summed E-state index contributed by atoms with van der Waals surface area (Å²) in [5, 5.41) is 2.62. The van der Waals surface area contributed by atoms with Gasteiger partial charge in [0.15, 0.2) is 0 Å². The fourth-order valence-electron chi connectivity index (χ4n) is 2.47. The van der Waals surface area contributed by atoms with Crippen molar-refractivity contribution in [3.05, 3.63) is 90.5 Å². The van der Waals surface area contributed by atoms with Gasteiger partial charge in [0, 0.05) is 5.69 Å². The highest BCUT2D eigenvalue weighted by Crippen LogP contribution is 2.40. The van der Waals surface area contributed by atoms with Gasteiger partial charge in [-0.1, -0.05) is 60.7 Å². The molecule has 4 heteroatoms. The zero-order valence-corrected chi connectivity index (χ0v) is 14.7. The lowest BCUT2D eigenvalue weighted by Gasteiger charge is -2.18. The average molecular weight is 349 g/mol. The Kier molecular flexibility index (Phi) is 5.75. The van der Waals surface area contributed by atoms with Crippen molar-refractivity contribution in [2.45, 2.75) is 10.1 Å². The van der Waals surface area contributed by atoms with E-state index in [4.69, 9.17) is 4.74 Å². The molecular formula is C21H19NO2S. The SMILES string of the molecule is COc1ccccc1SC(C(=O)Nc1ccccc1)c1ccccc1. The summed E-state index contributed by atoms with van der Waals surface area (Å²) >= 11 is 1.48. The van der Waals surface area contributed by atoms with Crippen molar-refractivity contribution in [2.24, 2.45) is 0 Å². The second-order valence-corrected chi connectivity index (χ2v) is 6.56. The maximum Gasteiger partial charge on any atom is 0.242 e. The van der Waals surface area contributed by atoms with E-state index in [0.29, 0.717) is 0 Å². The van der Waals surface area contributed by atoms with Gasteiger partial charge in [0.1, 0.15) is 11.0 Å². The van der Waals surface area contributed by atoms with Crippen LogP contribution in [0.3, 0.4) is 0 Å². The molecule has 0 aliphatic heterocycles. The van der Waals surface area contributed by atoms with Gasteiger partial charge in [0.2, 0.25) is 5.91 Å². The third-order valence-electron chi connectivity index (χ3n) is 3.70. The molecule has 3 aromatic rings. The first-order valence-corrected chi connectivity index (χ1v) is 8.86. The number of para-hydroxylation sites is 2. The number of nitrogens with one attached hydrogen (secondary N) is 1. The lowest BCUT2D eigenvalue weighted by Crippen LogP contribution is -2.19. The number of hydrogen-bond donors (Lipinski definition) is 1. The molecule has 0 bridgehead atoms. The van der Waals surface area contributed by atoms with E-state index in [0.717, 1.165) is 21.9 Å². The zero-order valence-electron chi connectivity index (χ0n) is 13.9. The van der Waals surface area contributed by atoms with E-state index < -0.39 is 0 Å². The highest BCUT2D eigenvalue weighted by atomic mass is 32.2. The van der Waals surface area contributed by atoms with Crippen LogP contribution in [0.15, 0.2) is 89.8 Å². The number of anilines is 1. The summed E-state index contributed by atoms with van der Waals surface area (Å²) in [4.78, 5) is 13.9. The number of carbonyl (C=O) groups is 1. The second-order valence-electron chi connectivity index (χ2n) is 5.41. The minimum absolute atomic E-state index is 0.0618. The van der Waals surface area contributed by atoms with Crippen LogP contribution in [0, 0.1) is 0 Å². The number of rotatable bonds is 6. The summed E-state index contributed by atoms with van der Waals surface area (Å²) in [7, 11) is 1.64. The number of amides is 1. The Labute approximate surface area is 152 Å². The van der Waals surface area contributed by atoms with Crippen molar-refractivity contribution in [3.8, 4) is 5.75 Å². The topological polar surface area (TPSA) is 38.3 Å². The van der Waals surface area contributed by atoms with Crippen molar-refractivity contribution in [3.63, 3.8) is 0 Å². The molecule has 3 aromatic carbocycles. The molecule has 0 fully saturated rings. The molecule has 1 atom stereocenters. The van der Waals surface area contributed by atoms with E-state index in [-0.39, 0.29) is 11.2 Å². The molecule has 1 N–H and O–H groups in total. The van der Waals surface area contributed by atoms with Crippen LogP contribution in [0.2, 0.25) is 0 Å². The predicted molar refractivity (Wildman–Crippen MR) is 103 cm³/mol. The van der Waals surface area contributed by atoms with Crippen LogP contribution in [-0.4, -0.2) is 13.0 Å². The lowest BCUT2D eigenvalue weighted by molar-refractivity contribution is -0.115. The van der Waals surface area contributed by atoms with Crippen molar-refractivity contribution in [2.75, 3.05) is 12.4 Å². The van der Waals surface area contributed by atoms with Crippen LogP contribution in [0.4, 0.5) is 5.69 Å². The smallest absolute Gasteiger partial charge is 0.242 e. The van der Waals surface area contributed by atoms with Crippen LogP contribution < -0.4 is 10.1 Å². The molecule has 126 valence electrons. The Morgan fingerprint density at radius 3 is 2.16 bits per heavy atom. The van der Waals surface area contributed by atoms with Crippen molar-refractivity contribution in [1.82, 2.24) is 0 Å². The molecule has 0 aliphatic rings. The number of benzene rings is 3. The maximum absolute atomic E-state index is 12.9. The van der Waals surface area contributed by atoms with E-state index in [1.165, 1.54) is 11.8 Å². The quantitative estimate of drug-likeness (QED) is 0.624. The number of thioether (sulfide) groups is 1. The Hall–Kier alpha value is -2.72. The fraction of sp³-hybridized carbons (Fsp3) is 0.0952. The molecule has 0 saturated carbocycles. The molecular weight excluding hydrogens is 330 g/mol. The van der Waals surface area contributed by atoms with Crippen molar-refractivity contribution < 1.29 is 9.53 Å². The summed E-state index contributed by atoms with van der Waals surface area (Å²) in [6.45, 7) is 0. The van der Waals surface area contributed by atoms with E-state index in [1.807, 2.05) is 84.9 Å². The van der Waals surface area contributed by atoms with Crippen LogP contribution in [0.1, 0.15) is 10.8 Å². The molecule has 0 spiro atoms. The molecule has 0 aliphatic carbocycles. The molecule has 0 saturated heterocycles. The van der Waals surface area contributed by atoms with E-state index in [9.17, 15) is 4.79 Å². The van der Waals surface area contributed by atoms with Gasteiger partial charge in [-0.05, 0) is 29.8 Å². The lowest BCUT2D eigenvalue weighted by atomic mass is 10.1. The summed E-state index contributed by atoms with van der Waals surface area (Å²) in [5.74, 6) is 0.703. The summed E-state index contributed by atoms with van der Waals surface area (Å²) < 4.78 is 5.43. The van der Waals surface area contributed by atoms with Crippen LogP contribution in [0.25, 0.3) is 0 Å². The van der Waals surface area contributed by atoms with Gasteiger partial charge in [0.05, 0.1) is 12.0 Å². The first-order valence-electron chi connectivity index (χ1n) is 7.98. The number of ether oxygens (including phenoxy) is 1. The highest BCUT2D eigenvalue weighted by molar-refractivity contribution is 8.00. The molecule has 0 heterocycles. The summed E-state index contributed by atoms with van der Waals surface area (Å²) in [6, 6.07) is 27.0. The van der Waals surface area contributed by atoms with Gasteiger partial charge in [-0.3, -0.25) is 4.79 Å². The molecule has 3 rings (SSSR count). The van der Waals surface area contributed by atoms with Gasteiger partial charge in [0.25, 0.3) is 0 Å². The molecule has 1 unspecified atom stereocenters. The van der Waals surface area contributed by atoms with Crippen molar-refractivity contribution in [1.29, 1.82) is 0 Å². The summed E-state index contributed by atoms with van der Waals surface area (Å²) in [6.07, 6.45) is 0. The number of hydrogen-bond acceptors (Lipinski definition) is 3. The maximum atomic E-state index is 12.9. The van der Waals surface area contributed by atoms with E-state index in [1.54, 1.807) is 7.11 Å².